The standard InChI is InChI=1S/C23H25N4O3P/c1-23(2,3)21-17-19(27(4)18-11-7-5-8-12-18)15-16-22(21)30-31(28,26-25-24)29-20-13-9-6-10-14-20/h5-17H,1-4H3. The molecule has 0 spiro atoms. The lowest BCUT2D eigenvalue weighted by Crippen LogP contribution is -2.16. The largest absolute Gasteiger partial charge is 0.525 e. The molecule has 0 saturated heterocycles. The summed E-state index contributed by atoms with van der Waals surface area (Å²) in [5.41, 5.74) is 11.4. The molecule has 3 rings (SSSR count). The van der Waals surface area contributed by atoms with Crippen LogP contribution in [0.15, 0.2) is 83.7 Å². The van der Waals surface area contributed by atoms with Crippen LogP contribution >= 0.6 is 7.75 Å². The number of hydrogen-bond donors (Lipinski definition) is 0. The van der Waals surface area contributed by atoms with Gasteiger partial charge in [-0.2, -0.15) is 0 Å². The summed E-state index contributed by atoms with van der Waals surface area (Å²) in [5, 5.41) is 0. The minimum absolute atomic E-state index is 0.288. The number of rotatable bonds is 7. The Hall–Kier alpha value is -3.40. The second-order valence-electron chi connectivity index (χ2n) is 7.97. The fraction of sp³-hybridized carbons (Fsp3) is 0.217. The number of nitrogens with zero attached hydrogens (tertiary/aromatic N) is 4. The Morgan fingerprint density at radius 3 is 2.10 bits per heavy atom. The van der Waals surface area contributed by atoms with E-state index in [-0.39, 0.29) is 11.2 Å². The van der Waals surface area contributed by atoms with Crippen molar-refractivity contribution in [1.82, 2.24) is 0 Å². The molecule has 1 unspecified atom stereocenters. The number of anilines is 2. The van der Waals surface area contributed by atoms with E-state index in [9.17, 15) is 4.57 Å². The van der Waals surface area contributed by atoms with Gasteiger partial charge in [0.25, 0.3) is 0 Å². The zero-order valence-corrected chi connectivity index (χ0v) is 18.9. The van der Waals surface area contributed by atoms with Gasteiger partial charge < -0.3 is 13.9 Å². The first-order valence-corrected chi connectivity index (χ1v) is 11.3. The summed E-state index contributed by atoms with van der Waals surface area (Å²) in [6.45, 7) is 6.08. The molecule has 0 N–H and O–H groups in total. The van der Waals surface area contributed by atoms with Crippen LogP contribution in [-0.2, 0) is 9.98 Å². The molecule has 8 heteroatoms. The molecule has 0 aliphatic rings. The average Bonchev–Trinajstić information content (AvgIpc) is 2.74. The van der Waals surface area contributed by atoms with E-state index in [2.05, 4.69) is 9.80 Å². The lowest BCUT2D eigenvalue weighted by atomic mass is 9.86. The second kappa shape index (κ2) is 9.17. The molecule has 0 aromatic heterocycles. The molecule has 31 heavy (non-hydrogen) atoms. The highest BCUT2D eigenvalue weighted by Crippen LogP contribution is 2.52. The van der Waals surface area contributed by atoms with Crippen molar-refractivity contribution in [2.24, 2.45) is 4.88 Å². The van der Waals surface area contributed by atoms with Gasteiger partial charge in [-0.05, 0) is 53.4 Å². The second-order valence-corrected chi connectivity index (χ2v) is 9.45. The molecule has 0 fully saturated rings. The predicted molar refractivity (Wildman–Crippen MR) is 124 cm³/mol. The minimum Gasteiger partial charge on any atom is -0.411 e. The fourth-order valence-corrected chi connectivity index (χ4v) is 4.04. The summed E-state index contributed by atoms with van der Waals surface area (Å²) in [5.74, 6) is 0.625. The van der Waals surface area contributed by atoms with Gasteiger partial charge in [0.15, 0.2) is 0 Å². The molecular weight excluding hydrogens is 411 g/mol. The molecule has 1 atom stereocenters. The molecule has 160 valence electrons. The first-order chi connectivity index (χ1) is 14.7. The maximum absolute atomic E-state index is 13.2. The smallest absolute Gasteiger partial charge is 0.411 e. The van der Waals surface area contributed by atoms with Crippen LogP contribution in [0.2, 0.25) is 0 Å². The van der Waals surface area contributed by atoms with Crippen molar-refractivity contribution in [3.05, 3.63) is 94.9 Å². The van der Waals surface area contributed by atoms with Crippen molar-refractivity contribution >= 4 is 19.1 Å². The van der Waals surface area contributed by atoms with Crippen LogP contribution in [0.25, 0.3) is 10.4 Å². The lowest BCUT2D eigenvalue weighted by molar-refractivity contribution is 0.381. The van der Waals surface area contributed by atoms with Crippen molar-refractivity contribution in [1.29, 1.82) is 0 Å². The van der Waals surface area contributed by atoms with E-state index >= 15 is 0 Å². The highest BCUT2D eigenvalue weighted by Gasteiger charge is 2.30. The van der Waals surface area contributed by atoms with Crippen LogP contribution in [0.3, 0.4) is 0 Å². The van der Waals surface area contributed by atoms with Crippen LogP contribution in [-0.4, -0.2) is 7.05 Å². The zero-order chi connectivity index (χ0) is 22.5. The van der Waals surface area contributed by atoms with Crippen molar-refractivity contribution in [3.63, 3.8) is 0 Å². The summed E-state index contributed by atoms with van der Waals surface area (Å²) in [6.07, 6.45) is 0. The van der Waals surface area contributed by atoms with Gasteiger partial charge in [-0.25, -0.2) is 4.57 Å². The molecule has 3 aromatic carbocycles. The van der Waals surface area contributed by atoms with Gasteiger partial charge in [-0.3, -0.25) is 0 Å². The molecule has 0 aliphatic heterocycles. The van der Waals surface area contributed by atoms with E-state index in [1.165, 1.54) is 0 Å². The minimum atomic E-state index is -4.16. The van der Waals surface area contributed by atoms with E-state index in [4.69, 9.17) is 14.6 Å². The quantitative estimate of drug-likeness (QED) is 0.165. The molecule has 0 amide bonds. The molecule has 0 saturated carbocycles. The molecule has 0 aliphatic carbocycles. The third kappa shape index (κ3) is 5.60. The Balaban J connectivity index is 1.99. The van der Waals surface area contributed by atoms with E-state index in [0.717, 1.165) is 16.9 Å². The van der Waals surface area contributed by atoms with Gasteiger partial charge >= 0.3 is 7.75 Å². The Kier molecular flexibility index (Phi) is 6.59. The molecular formula is C23H25N4O3P. The summed E-state index contributed by atoms with van der Waals surface area (Å²) in [6, 6.07) is 24.0. The van der Waals surface area contributed by atoms with Crippen LogP contribution < -0.4 is 13.9 Å². The van der Waals surface area contributed by atoms with E-state index in [1.54, 1.807) is 36.4 Å². The zero-order valence-electron chi connectivity index (χ0n) is 18.0. The third-order valence-electron chi connectivity index (χ3n) is 4.63. The van der Waals surface area contributed by atoms with E-state index in [0.29, 0.717) is 5.75 Å². The summed E-state index contributed by atoms with van der Waals surface area (Å²) in [7, 11) is -2.19. The number of azide groups is 1. The van der Waals surface area contributed by atoms with Crippen molar-refractivity contribution < 1.29 is 13.6 Å². The van der Waals surface area contributed by atoms with Crippen LogP contribution in [0.5, 0.6) is 11.5 Å². The summed E-state index contributed by atoms with van der Waals surface area (Å²) < 4.78 is 24.4. The normalized spacial score (nSPS) is 12.9. The average molecular weight is 436 g/mol. The molecule has 3 aromatic rings. The highest BCUT2D eigenvalue weighted by molar-refractivity contribution is 7.53. The van der Waals surface area contributed by atoms with Crippen molar-refractivity contribution in [3.8, 4) is 11.5 Å². The number of para-hydroxylation sites is 2. The Bertz CT molecular complexity index is 1120. The van der Waals surface area contributed by atoms with Crippen LogP contribution in [0.1, 0.15) is 26.3 Å². The van der Waals surface area contributed by atoms with Gasteiger partial charge in [0.05, 0.1) is 0 Å². The lowest BCUT2D eigenvalue weighted by Gasteiger charge is -2.27. The van der Waals surface area contributed by atoms with Gasteiger partial charge in [0.1, 0.15) is 11.5 Å². The van der Waals surface area contributed by atoms with E-state index < -0.39 is 7.75 Å². The monoisotopic (exact) mass is 436 g/mol. The molecule has 0 heterocycles. The molecule has 0 radical (unpaired) electrons. The summed E-state index contributed by atoms with van der Waals surface area (Å²) >= 11 is 0. The predicted octanol–water partition coefficient (Wildman–Crippen LogP) is 7.63. The van der Waals surface area contributed by atoms with E-state index in [1.807, 2.05) is 75.2 Å². The van der Waals surface area contributed by atoms with Crippen molar-refractivity contribution in [2.75, 3.05) is 11.9 Å². The van der Waals surface area contributed by atoms with Crippen LogP contribution in [0.4, 0.5) is 11.4 Å². The SMILES string of the molecule is CN(c1ccccc1)c1ccc(OP(=O)(N=[N+]=[N-])Oc2ccccc2)c(C(C)(C)C)c1. The van der Waals surface area contributed by atoms with Gasteiger partial charge in [-0.1, -0.05) is 57.2 Å². The van der Waals surface area contributed by atoms with Crippen molar-refractivity contribution in [2.45, 2.75) is 26.2 Å². The Morgan fingerprint density at radius 1 is 0.903 bits per heavy atom. The first-order valence-electron chi connectivity index (χ1n) is 9.76. The van der Waals surface area contributed by atoms with Crippen LogP contribution in [0, 0.1) is 0 Å². The third-order valence-corrected chi connectivity index (χ3v) is 5.80. The first kappa shape index (κ1) is 22.3. The molecule has 7 nitrogen and oxygen atoms in total. The number of benzene rings is 3. The number of hydrogen-bond acceptors (Lipinski definition) is 4. The fourth-order valence-electron chi connectivity index (χ4n) is 3.04. The topological polar surface area (TPSA) is 87.5 Å². The highest BCUT2D eigenvalue weighted by atomic mass is 31.2. The Labute approximate surface area is 182 Å². The Morgan fingerprint density at radius 2 is 1.52 bits per heavy atom. The maximum Gasteiger partial charge on any atom is 0.525 e. The maximum atomic E-state index is 13.2. The van der Waals surface area contributed by atoms with Gasteiger partial charge in [-0.15, -0.1) is 0 Å². The summed E-state index contributed by atoms with van der Waals surface area (Å²) in [4.78, 5) is 8.09. The molecule has 0 bridgehead atoms. The van der Waals surface area contributed by atoms with Gasteiger partial charge in [0, 0.05) is 33.8 Å². The van der Waals surface area contributed by atoms with Gasteiger partial charge in [0.2, 0.25) is 0 Å².